The first-order chi connectivity index (χ1) is 13.7. The molecule has 2 bridgehead atoms. The van der Waals surface area contributed by atoms with E-state index in [1.807, 2.05) is 26.0 Å². The molecule has 0 spiro atoms. The second kappa shape index (κ2) is 7.01. The summed E-state index contributed by atoms with van der Waals surface area (Å²) in [5.41, 5.74) is 7.24. The van der Waals surface area contributed by atoms with Crippen molar-refractivity contribution < 1.29 is 19.1 Å². The van der Waals surface area contributed by atoms with Gasteiger partial charge in [0.15, 0.2) is 6.10 Å². The Hall–Kier alpha value is -2.63. The number of hydrazine groups is 1. The van der Waals surface area contributed by atoms with Gasteiger partial charge >= 0.3 is 0 Å². The van der Waals surface area contributed by atoms with E-state index in [1.165, 1.54) is 11.1 Å². The summed E-state index contributed by atoms with van der Waals surface area (Å²) in [6.45, 7) is 9.71. The number of fused-ring (bicyclic) bond motifs is 5. The Morgan fingerprint density at radius 3 is 2.17 bits per heavy atom. The van der Waals surface area contributed by atoms with Crippen molar-refractivity contribution in [3.05, 3.63) is 40.5 Å². The Balaban J connectivity index is 1.46. The van der Waals surface area contributed by atoms with Crippen molar-refractivity contribution in [2.75, 3.05) is 0 Å². The maximum absolute atomic E-state index is 13.0. The minimum absolute atomic E-state index is 0.137. The van der Waals surface area contributed by atoms with Crippen LogP contribution in [0.15, 0.2) is 29.3 Å². The number of ether oxygens (including phenoxy) is 1. The number of carbonyl (C=O) groups is 3. The number of hydrogen-bond acceptors (Lipinski definition) is 4. The van der Waals surface area contributed by atoms with Gasteiger partial charge < -0.3 is 4.74 Å². The van der Waals surface area contributed by atoms with Crippen molar-refractivity contribution in [1.29, 1.82) is 0 Å². The topological polar surface area (TPSA) is 75.7 Å². The summed E-state index contributed by atoms with van der Waals surface area (Å²) < 4.78 is 5.72. The summed E-state index contributed by atoms with van der Waals surface area (Å²) in [5, 5.41) is 0.949. The monoisotopic (exact) mass is 396 g/mol. The summed E-state index contributed by atoms with van der Waals surface area (Å²) in [4.78, 5) is 38.6. The van der Waals surface area contributed by atoms with E-state index < -0.39 is 12.0 Å². The van der Waals surface area contributed by atoms with E-state index in [9.17, 15) is 14.4 Å². The molecule has 6 heteroatoms. The van der Waals surface area contributed by atoms with Crippen LogP contribution >= 0.6 is 0 Å². The van der Waals surface area contributed by atoms with Gasteiger partial charge in [-0.2, -0.15) is 5.01 Å². The van der Waals surface area contributed by atoms with Crippen molar-refractivity contribution in [1.82, 2.24) is 10.4 Å². The summed E-state index contributed by atoms with van der Waals surface area (Å²) in [6.07, 6.45) is 1.06. The van der Waals surface area contributed by atoms with Gasteiger partial charge in [0.1, 0.15) is 5.75 Å². The molecule has 3 amide bonds. The zero-order valence-corrected chi connectivity index (χ0v) is 17.6. The van der Waals surface area contributed by atoms with Crippen LogP contribution in [-0.2, 0) is 14.4 Å². The molecule has 5 atom stereocenters. The highest BCUT2D eigenvalue weighted by Crippen LogP contribution is 2.59. The molecular formula is C23H28N2O4. The van der Waals surface area contributed by atoms with Crippen LogP contribution in [-0.4, -0.2) is 28.8 Å². The third-order valence-corrected chi connectivity index (χ3v) is 6.81. The predicted octanol–water partition coefficient (Wildman–Crippen LogP) is 3.08. The maximum Gasteiger partial charge on any atom is 0.279 e. The van der Waals surface area contributed by atoms with Crippen molar-refractivity contribution in [2.24, 2.45) is 23.7 Å². The van der Waals surface area contributed by atoms with Crippen LogP contribution in [0.3, 0.4) is 0 Å². The minimum Gasteiger partial charge on any atom is -0.481 e. The Morgan fingerprint density at radius 1 is 1.07 bits per heavy atom. The highest BCUT2D eigenvalue weighted by atomic mass is 16.5. The van der Waals surface area contributed by atoms with Gasteiger partial charge in [0.05, 0.1) is 11.8 Å². The Kier molecular flexibility index (Phi) is 4.75. The van der Waals surface area contributed by atoms with E-state index in [0.717, 1.165) is 29.0 Å². The smallest absolute Gasteiger partial charge is 0.279 e. The SMILES string of the molecule is CC(C)=C1[C@@H]2CC[C@@H]1[C@@H]1C(=O)N(NC(=O)[C@@H](C)Oc3ccc(C)c(C)c3)C(=O)[C@H]12. The zero-order chi connectivity index (χ0) is 21.0. The van der Waals surface area contributed by atoms with E-state index in [4.69, 9.17) is 4.74 Å². The highest BCUT2D eigenvalue weighted by molar-refractivity contribution is 6.07. The molecule has 1 aromatic carbocycles. The number of nitrogens with zero attached hydrogens (tertiary/aromatic N) is 1. The van der Waals surface area contributed by atoms with E-state index >= 15 is 0 Å². The van der Waals surface area contributed by atoms with Crippen LogP contribution in [0.5, 0.6) is 5.75 Å². The Bertz CT molecular complexity index is 899. The van der Waals surface area contributed by atoms with Crippen molar-refractivity contribution in [3.8, 4) is 5.75 Å². The maximum atomic E-state index is 13.0. The quantitative estimate of drug-likeness (QED) is 0.627. The number of allylic oxidation sites excluding steroid dienone is 2. The molecule has 0 aromatic heterocycles. The van der Waals surface area contributed by atoms with E-state index in [1.54, 1.807) is 13.0 Å². The van der Waals surface area contributed by atoms with E-state index in [2.05, 4.69) is 19.3 Å². The predicted molar refractivity (Wildman–Crippen MR) is 108 cm³/mol. The van der Waals surface area contributed by atoms with Crippen molar-refractivity contribution in [2.45, 2.75) is 53.6 Å². The molecule has 6 nitrogen and oxygen atoms in total. The van der Waals surface area contributed by atoms with Crippen LogP contribution < -0.4 is 10.2 Å². The Labute approximate surface area is 171 Å². The third-order valence-electron chi connectivity index (χ3n) is 6.81. The van der Waals surface area contributed by atoms with E-state index in [0.29, 0.717) is 5.75 Å². The molecule has 29 heavy (non-hydrogen) atoms. The Morgan fingerprint density at radius 2 is 1.66 bits per heavy atom. The highest BCUT2D eigenvalue weighted by Gasteiger charge is 2.63. The van der Waals surface area contributed by atoms with Crippen LogP contribution in [0.25, 0.3) is 0 Å². The molecule has 1 N–H and O–H groups in total. The van der Waals surface area contributed by atoms with Crippen molar-refractivity contribution >= 4 is 17.7 Å². The second-order valence-electron chi connectivity index (χ2n) is 8.79. The average molecular weight is 396 g/mol. The first-order valence-corrected chi connectivity index (χ1v) is 10.3. The summed E-state index contributed by atoms with van der Waals surface area (Å²) in [5.74, 6) is -0.868. The van der Waals surface area contributed by atoms with Gasteiger partial charge in [0.2, 0.25) is 0 Å². The number of aryl methyl sites for hydroxylation is 2. The number of benzene rings is 1. The standard InChI is InChI=1S/C23H28N2O4/c1-11(2)18-16-8-9-17(18)20-19(16)22(27)25(23(20)28)24-21(26)14(5)29-15-7-6-12(3)13(4)10-15/h6-7,10,14,16-17,19-20H,8-9H2,1-5H3,(H,24,26)/t14-,16+,17+,19+,20+/m1/s1. The fraction of sp³-hybridized carbons (Fsp3) is 0.522. The van der Waals surface area contributed by atoms with Gasteiger partial charge in [-0.05, 0) is 82.6 Å². The average Bonchev–Trinajstić information content (AvgIpc) is 3.30. The number of hydrogen-bond donors (Lipinski definition) is 1. The minimum atomic E-state index is -0.830. The van der Waals surface area contributed by atoms with Crippen LogP contribution in [0, 0.1) is 37.5 Å². The van der Waals surface area contributed by atoms with Crippen molar-refractivity contribution in [3.63, 3.8) is 0 Å². The number of amides is 3. The molecule has 1 aromatic rings. The van der Waals surface area contributed by atoms with Gasteiger partial charge in [-0.15, -0.1) is 0 Å². The fourth-order valence-electron chi connectivity index (χ4n) is 5.35. The molecule has 4 rings (SSSR count). The van der Waals surface area contributed by atoms with Gasteiger partial charge in [-0.1, -0.05) is 17.2 Å². The van der Waals surface area contributed by atoms with Gasteiger partial charge in [-0.3, -0.25) is 19.8 Å². The van der Waals surface area contributed by atoms with E-state index in [-0.39, 0.29) is 35.5 Å². The summed E-state index contributed by atoms with van der Waals surface area (Å²) >= 11 is 0. The van der Waals surface area contributed by atoms with Gasteiger partial charge in [0, 0.05) is 0 Å². The molecule has 3 fully saturated rings. The fourth-order valence-corrected chi connectivity index (χ4v) is 5.35. The molecule has 1 aliphatic heterocycles. The molecule has 3 aliphatic rings. The van der Waals surface area contributed by atoms with Crippen LogP contribution in [0.4, 0.5) is 0 Å². The lowest BCUT2D eigenvalue weighted by Crippen LogP contribution is -2.51. The van der Waals surface area contributed by atoms with Gasteiger partial charge in [-0.25, -0.2) is 0 Å². The zero-order valence-electron chi connectivity index (χ0n) is 17.6. The molecular weight excluding hydrogens is 368 g/mol. The van der Waals surface area contributed by atoms with Gasteiger partial charge in [0.25, 0.3) is 17.7 Å². The normalized spacial score (nSPS) is 28.6. The third kappa shape index (κ3) is 3.05. The largest absolute Gasteiger partial charge is 0.481 e. The van der Waals surface area contributed by atoms with Crippen LogP contribution in [0.2, 0.25) is 0 Å². The lowest BCUT2D eigenvalue weighted by molar-refractivity contribution is -0.151. The molecule has 2 aliphatic carbocycles. The van der Waals surface area contributed by atoms with Crippen LogP contribution in [0.1, 0.15) is 44.7 Å². The lowest BCUT2D eigenvalue weighted by Gasteiger charge is -2.22. The molecule has 1 saturated heterocycles. The number of nitrogens with one attached hydrogen (secondary N) is 1. The number of rotatable bonds is 4. The first kappa shape index (κ1) is 19.7. The first-order valence-electron chi connectivity index (χ1n) is 10.3. The summed E-state index contributed by atoms with van der Waals surface area (Å²) in [7, 11) is 0. The lowest BCUT2D eigenvalue weighted by atomic mass is 9.81. The molecule has 154 valence electrons. The second-order valence-corrected chi connectivity index (χ2v) is 8.79. The molecule has 0 radical (unpaired) electrons. The molecule has 1 heterocycles. The molecule has 0 unspecified atom stereocenters. The number of imide groups is 1. The number of carbonyl (C=O) groups excluding carboxylic acids is 3. The summed E-state index contributed by atoms with van der Waals surface area (Å²) in [6, 6.07) is 5.61. The molecule has 2 saturated carbocycles.